The van der Waals surface area contributed by atoms with Gasteiger partial charge in [0.25, 0.3) is 0 Å². The smallest absolute Gasteiger partial charge is 0.239 e. The van der Waals surface area contributed by atoms with Crippen LogP contribution in [-0.4, -0.2) is 48.2 Å². The van der Waals surface area contributed by atoms with Crippen molar-refractivity contribution in [2.24, 2.45) is 5.92 Å². The van der Waals surface area contributed by atoms with Crippen molar-refractivity contribution in [2.45, 2.75) is 45.3 Å². The first-order valence-corrected chi connectivity index (χ1v) is 6.18. The van der Waals surface area contributed by atoms with Gasteiger partial charge in [0, 0.05) is 13.1 Å². The van der Waals surface area contributed by atoms with Crippen molar-refractivity contribution in [3.8, 4) is 0 Å². The molecule has 0 spiro atoms. The zero-order valence-corrected chi connectivity index (χ0v) is 10.6. The molecule has 1 rings (SSSR count). The van der Waals surface area contributed by atoms with Gasteiger partial charge in [-0.05, 0) is 32.2 Å². The molecular weight excluding hydrogens is 204 g/mol. The Labute approximate surface area is 98.0 Å². The summed E-state index contributed by atoms with van der Waals surface area (Å²) in [5.74, 6) is 0.603. The molecule has 1 aliphatic heterocycles. The number of likely N-dealkylation sites (tertiary alicyclic amines) is 1. The summed E-state index contributed by atoms with van der Waals surface area (Å²) in [6.07, 6.45) is 2.30. The van der Waals surface area contributed by atoms with Crippen LogP contribution in [0.1, 0.15) is 33.1 Å². The summed E-state index contributed by atoms with van der Waals surface area (Å²) >= 11 is 0. The van der Waals surface area contributed by atoms with E-state index in [1.165, 1.54) is 0 Å². The number of aliphatic hydroxyl groups excluding tert-OH is 1. The predicted octanol–water partition coefficient (Wildman–Crippen LogP) is 0.604. The molecule has 16 heavy (non-hydrogen) atoms. The summed E-state index contributed by atoms with van der Waals surface area (Å²) in [7, 11) is 1.82. The molecule has 2 unspecified atom stereocenters. The van der Waals surface area contributed by atoms with Gasteiger partial charge in [0.05, 0.1) is 12.1 Å². The number of piperidine rings is 1. The third kappa shape index (κ3) is 3.76. The number of nitrogens with zero attached hydrogens (tertiary/aromatic N) is 1. The van der Waals surface area contributed by atoms with Crippen molar-refractivity contribution < 1.29 is 9.90 Å². The van der Waals surface area contributed by atoms with Gasteiger partial charge in [-0.3, -0.25) is 4.79 Å². The number of likely N-dealkylation sites (N-methyl/N-ethyl adjacent to an activating group) is 1. The summed E-state index contributed by atoms with van der Waals surface area (Å²) in [4.78, 5) is 13.7. The van der Waals surface area contributed by atoms with Crippen LogP contribution >= 0.6 is 0 Å². The Balaban J connectivity index is 2.43. The molecule has 0 saturated carbocycles. The SMILES string of the molecule is CNC1CCCN(CC(O)CC(C)C)C1=O. The fraction of sp³-hybridized carbons (Fsp3) is 0.917. The van der Waals surface area contributed by atoms with Crippen LogP contribution < -0.4 is 5.32 Å². The average molecular weight is 228 g/mol. The van der Waals surface area contributed by atoms with Crippen molar-refractivity contribution in [3.63, 3.8) is 0 Å². The maximum atomic E-state index is 11.9. The first kappa shape index (κ1) is 13.5. The number of nitrogens with one attached hydrogen (secondary N) is 1. The predicted molar refractivity (Wildman–Crippen MR) is 64.1 cm³/mol. The van der Waals surface area contributed by atoms with E-state index in [-0.39, 0.29) is 18.1 Å². The van der Waals surface area contributed by atoms with Gasteiger partial charge in [-0.1, -0.05) is 13.8 Å². The molecule has 1 aliphatic rings. The monoisotopic (exact) mass is 228 g/mol. The molecule has 0 aromatic carbocycles. The molecule has 4 nitrogen and oxygen atoms in total. The maximum absolute atomic E-state index is 11.9. The van der Waals surface area contributed by atoms with E-state index < -0.39 is 0 Å². The van der Waals surface area contributed by atoms with Gasteiger partial charge in [0.2, 0.25) is 5.91 Å². The molecule has 1 fully saturated rings. The molecule has 1 heterocycles. The maximum Gasteiger partial charge on any atom is 0.239 e. The van der Waals surface area contributed by atoms with Gasteiger partial charge in [-0.15, -0.1) is 0 Å². The summed E-state index contributed by atoms with van der Waals surface area (Å²) < 4.78 is 0. The highest BCUT2D eigenvalue weighted by Crippen LogP contribution is 2.14. The number of hydrogen-bond acceptors (Lipinski definition) is 3. The minimum Gasteiger partial charge on any atom is -0.391 e. The minimum absolute atomic E-state index is 0.0556. The van der Waals surface area contributed by atoms with Crippen LogP contribution in [-0.2, 0) is 4.79 Å². The van der Waals surface area contributed by atoms with E-state index in [1.54, 1.807) is 4.90 Å². The Morgan fingerprint density at radius 3 is 2.81 bits per heavy atom. The number of rotatable bonds is 5. The zero-order valence-electron chi connectivity index (χ0n) is 10.6. The lowest BCUT2D eigenvalue weighted by Crippen LogP contribution is -2.51. The molecule has 0 aromatic rings. The minimum atomic E-state index is -0.389. The van der Waals surface area contributed by atoms with Gasteiger partial charge in [-0.25, -0.2) is 0 Å². The molecule has 1 saturated heterocycles. The topological polar surface area (TPSA) is 52.6 Å². The van der Waals surface area contributed by atoms with E-state index in [4.69, 9.17) is 0 Å². The Kier molecular flexibility index (Phi) is 5.22. The molecular formula is C12H24N2O2. The Hall–Kier alpha value is -0.610. The second kappa shape index (κ2) is 6.21. The Bertz CT molecular complexity index is 231. The van der Waals surface area contributed by atoms with Crippen molar-refractivity contribution >= 4 is 5.91 Å². The second-order valence-corrected chi connectivity index (χ2v) is 5.05. The van der Waals surface area contributed by atoms with Crippen LogP contribution in [0.5, 0.6) is 0 Å². The molecule has 94 valence electrons. The van der Waals surface area contributed by atoms with Crippen molar-refractivity contribution in [1.29, 1.82) is 0 Å². The van der Waals surface area contributed by atoms with E-state index in [9.17, 15) is 9.90 Å². The average Bonchev–Trinajstić information content (AvgIpc) is 2.20. The van der Waals surface area contributed by atoms with Gasteiger partial charge in [0.1, 0.15) is 0 Å². The van der Waals surface area contributed by atoms with Crippen LogP contribution in [0.2, 0.25) is 0 Å². The highest BCUT2D eigenvalue weighted by Gasteiger charge is 2.28. The van der Waals surface area contributed by atoms with Gasteiger partial charge < -0.3 is 15.3 Å². The lowest BCUT2D eigenvalue weighted by molar-refractivity contribution is -0.137. The summed E-state index contributed by atoms with van der Waals surface area (Å²) in [5.41, 5.74) is 0. The van der Waals surface area contributed by atoms with Crippen molar-refractivity contribution in [1.82, 2.24) is 10.2 Å². The molecule has 0 radical (unpaired) electrons. The first-order chi connectivity index (χ1) is 7.54. The standard InChI is InChI=1S/C12H24N2O2/c1-9(2)7-10(15)8-14-6-4-5-11(13-3)12(14)16/h9-11,13,15H,4-8H2,1-3H3. The Morgan fingerprint density at radius 1 is 1.56 bits per heavy atom. The molecule has 1 amide bonds. The van der Waals surface area contributed by atoms with Crippen LogP contribution in [0.25, 0.3) is 0 Å². The summed E-state index contributed by atoms with van der Waals surface area (Å²) in [6.45, 7) is 5.43. The lowest BCUT2D eigenvalue weighted by atomic mass is 10.0. The molecule has 2 atom stereocenters. The molecule has 0 aromatic heterocycles. The highest BCUT2D eigenvalue weighted by molar-refractivity contribution is 5.82. The number of carbonyl (C=O) groups is 1. The third-order valence-corrected chi connectivity index (χ3v) is 3.05. The van der Waals surface area contributed by atoms with Gasteiger partial charge in [0.15, 0.2) is 0 Å². The number of amides is 1. The second-order valence-electron chi connectivity index (χ2n) is 5.05. The molecule has 0 aliphatic carbocycles. The zero-order chi connectivity index (χ0) is 12.1. The van der Waals surface area contributed by atoms with E-state index in [0.717, 1.165) is 25.8 Å². The number of carbonyl (C=O) groups excluding carboxylic acids is 1. The van der Waals surface area contributed by atoms with Crippen molar-refractivity contribution in [3.05, 3.63) is 0 Å². The molecule has 0 bridgehead atoms. The number of β-amino-alcohol motifs (C(OH)–C–C–N with tert-alkyl or cyclic N) is 1. The number of aliphatic hydroxyl groups is 1. The van der Waals surface area contributed by atoms with E-state index in [0.29, 0.717) is 12.5 Å². The van der Waals surface area contributed by atoms with E-state index >= 15 is 0 Å². The van der Waals surface area contributed by atoms with E-state index in [2.05, 4.69) is 19.2 Å². The van der Waals surface area contributed by atoms with Crippen molar-refractivity contribution in [2.75, 3.05) is 20.1 Å². The summed E-state index contributed by atoms with van der Waals surface area (Å²) in [5, 5.41) is 12.9. The quantitative estimate of drug-likeness (QED) is 0.724. The van der Waals surface area contributed by atoms with Crippen LogP contribution in [0.4, 0.5) is 0 Å². The normalized spacial score (nSPS) is 23.9. The molecule has 2 N–H and O–H groups in total. The van der Waals surface area contributed by atoms with Crippen LogP contribution in [0, 0.1) is 5.92 Å². The summed E-state index contributed by atoms with van der Waals surface area (Å²) in [6, 6.07) is -0.0556. The third-order valence-electron chi connectivity index (χ3n) is 3.05. The van der Waals surface area contributed by atoms with Crippen LogP contribution in [0.15, 0.2) is 0 Å². The van der Waals surface area contributed by atoms with Gasteiger partial charge >= 0.3 is 0 Å². The molecule has 4 heteroatoms. The van der Waals surface area contributed by atoms with Crippen LogP contribution in [0.3, 0.4) is 0 Å². The fourth-order valence-electron chi connectivity index (χ4n) is 2.26. The lowest BCUT2D eigenvalue weighted by Gasteiger charge is -2.33. The Morgan fingerprint density at radius 2 is 2.25 bits per heavy atom. The van der Waals surface area contributed by atoms with E-state index in [1.807, 2.05) is 7.05 Å². The number of hydrogen-bond donors (Lipinski definition) is 2. The van der Waals surface area contributed by atoms with Gasteiger partial charge in [-0.2, -0.15) is 0 Å². The first-order valence-electron chi connectivity index (χ1n) is 6.18. The highest BCUT2D eigenvalue weighted by atomic mass is 16.3. The largest absolute Gasteiger partial charge is 0.391 e. The fourth-order valence-corrected chi connectivity index (χ4v) is 2.26.